The van der Waals surface area contributed by atoms with Crippen molar-refractivity contribution in [2.45, 2.75) is 38.5 Å². The summed E-state index contributed by atoms with van der Waals surface area (Å²) in [6, 6.07) is 6.16. The molecule has 2 rings (SSSR count). The lowest BCUT2D eigenvalue weighted by atomic mass is 9.96. The van der Waals surface area contributed by atoms with Crippen LogP contribution in [0, 0.1) is 11.7 Å². The van der Waals surface area contributed by atoms with Crippen molar-refractivity contribution in [3.8, 4) is 0 Å². The lowest BCUT2D eigenvalue weighted by Crippen LogP contribution is -2.38. The van der Waals surface area contributed by atoms with Crippen LogP contribution in [0.5, 0.6) is 0 Å². The highest BCUT2D eigenvalue weighted by Crippen LogP contribution is 2.38. The Morgan fingerprint density at radius 3 is 2.35 bits per heavy atom. The van der Waals surface area contributed by atoms with Crippen LogP contribution in [0.1, 0.15) is 39.3 Å². The molecule has 5 heteroatoms. The van der Waals surface area contributed by atoms with E-state index in [0.29, 0.717) is 5.17 Å². The number of rotatable bonds is 3. The zero-order valence-electron chi connectivity index (χ0n) is 12.1. The largest absolute Gasteiger partial charge is 0.304 e. The minimum Gasteiger partial charge on any atom is -0.304 e. The Kier molecular flexibility index (Phi) is 4.18. The third kappa shape index (κ3) is 2.87. The number of carbonyl (C=O) groups is 1. The molecule has 3 nitrogen and oxygen atoms in total. The first-order chi connectivity index (χ1) is 9.33. The zero-order chi connectivity index (χ0) is 14.9. The smallest absolute Gasteiger partial charge is 0.242 e. The molecule has 1 aromatic rings. The highest BCUT2D eigenvalue weighted by molar-refractivity contribution is 8.16. The predicted octanol–water partition coefficient (Wildman–Crippen LogP) is 3.52. The molecule has 0 saturated carbocycles. The number of nitrogens with zero attached hydrogens (tertiary/aromatic N) is 1. The van der Waals surface area contributed by atoms with Crippen molar-refractivity contribution in [1.82, 2.24) is 5.32 Å². The Morgan fingerprint density at radius 2 is 1.85 bits per heavy atom. The molecule has 1 N–H and O–H groups in total. The Morgan fingerprint density at radius 1 is 1.25 bits per heavy atom. The van der Waals surface area contributed by atoms with E-state index in [1.165, 1.54) is 23.9 Å². The monoisotopic (exact) mass is 294 g/mol. The number of thioether (sulfide) groups is 1. The van der Waals surface area contributed by atoms with Crippen LogP contribution in [-0.2, 0) is 4.79 Å². The van der Waals surface area contributed by atoms with E-state index in [4.69, 9.17) is 0 Å². The molecule has 1 aliphatic rings. The lowest BCUT2D eigenvalue weighted by molar-refractivity contribution is -0.122. The Labute approximate surface area is 123 Å². The van der Waals surface area contributed by atoms with Gasteiger partial charge in [0.15, 0.2) is 5.17 Å². The number of aliphatic imine (C=N–C) groups is 1. The summed E-state index contributed by atoms with van der Waals surface area (Å²) in [6.07, 6.45) is 0. The average Bonchev–Trinajstić information content (AvgIpc) is 2.66. The SMILES string of the molecule is CC(N=C1NC(=O)C(C)(C(C)C)S1)c1ccc(F)cc1. The highest BCUT2D eigenvalue weighted by Gasteiger charge is 2.45. The van der Waals surface area contributed by atoms with Crippen molar-refractivity contribution in [2.24, 2.45) is 10.9 Å². The molecule has 0 radical (unpaired) electrons. The van der Waals surface area contributed by atoms with Gasteiger partial charge in [-0.15, -0.1) is 0 Å². The van der Waals surface area contributed by atoms with E-state index in [2.05, 4.69) is 10.3 Å². The molecule has 108 valence electrons. The van der Waals surface area contributed by atoms with Gasteiger partial charge in [0.1, 0.15) is 10.6 Å². The fraction of sp³-hybridized carbons (Fsp3) is 0.467. The van der Waals surface area contributed by atoms with Gasteiger partial charge in [-0.05, 0) is 37.5 Å². The molecule has 1 heterocycles. The molecule has 1 aliphatic heterocycles. The number of benzene rings is 1. The van der Waals surface area contributed by atoms with E-state index < -0.39 is 4.75 Å². The van der Waals surface area contributed by atoms with Gasteiger partial charge >= 0.3 is 0 Å². The molecule has 1 amide bonds. The second-order valence-corrected chi connectivity index (χ2v) is 6.92. The quantitative estimate of drug-likeness (QED) is 0.926. The summed E-state index contributed by atoms with van der Waals surface area (Å²) in [6.45, 7) is 7.92. The van der Waals surface area contributed by atoms with Crippen molar-refractivity contribution in [3.63, 3.8) is 0 Å². The second kappa shape index (κ2) is 5.56. The first-order valence-corrected chi connectivity index (χ1v) is 7.48. The summed E-state index contributed by atoms with van der Waals surface area (Å²) < 4.78 is 12.4. The minimum absolute atomic E-state index is 0.00237. The van der Waals surface area contributed by atoms with Gasteiger partial charge in [-0.2, -0.15) is 0 Å². The third-order valence-electron chi connectivity index (χ3n) is 3.75. The van der Waals surface area contributed by atoms with E-state index in [1.807, 2.05) is 27.7 Å². The predicted molar refractivity (Wildman–Crippen MR) is 81.2 cm³/mol. The van der Waals surface area contributed by atoms with E-state index in [9.17, 15) is 9.18 Å². The summed E-state index contributed by atoms with van der Waals surface area (Å²) in [5.41, 5.74) is 0.923. The fourth-order valence-electron chi connectivity index (χ4n) is 1.92. The number of amides is 1. The standard InChI is InChI=1S/C15H19FN2OS/c1-9(2)15(4)13(19)18-14(20-15)17-10(3)11-5-7-12(16)8-6-11/h5-10H,1-4H3,(H,17,18,19). The van der Waals surface area contributed by atoms with E-state index in [0.717, 1.165) is 5.56 Å². The summed E-state index contributed by atoms with van der Waals surface area (Å²) in [5.74, 6) is -0.0339. The van der Waals surface area contributed by atoms with Crippen LogP contribution in [0.2, 0.25) is 0 Å². The number of amidine groups is 1. The number of halogens is 1. The van der Waals surface area contributed by atoms with Gasteiger partial charge in [0.05, 0.1) is 6.04 Å². The van der Waals surface area contributed by atoms with Gasteiger partial charge in [0.2, 0.25) is 5.91 Å². The van der Waals surface area contributed by atoms with Crippen LogP contribution < -0.4 is 5.32 Å². The maximum atomic E-state index is 12.9. The molecule has 0 aromatic heterocycles. The van der Waals surface area contributed by atoms with Crippen LogP contribution in [0.3, 0.4) is 0 Å². The molecular formula is C15H19FN2OS. The van der Waals surface area contributed by atoms with Gasteiger partial charge in [0.25, 0.3) is 0 Å². The summed E-state index contributed by atoms with van der Waals surface area (Å²) >= 11 is 1.47. The van der Waals surface area contributed by atoms with Gasteiger partial charge in [-0.25, -0.2) is 4.39 Å². The van der Waals surface area contributed by atoms with Gasteiger partial charge in [-0.1, -0.05) is 37.7 Å². The van der Waals surface area contributed by atoms with Gasteiger partial charge in [-0.3, -0.25) is 9.79 Å². The molecule has 1 saturated heterocycles. The first kappa shape index (κ1) is 15.0. The first-order valence-electron chi connectivity index (χ1n) is 6.66. The Hall–Kier alpha value is -1.36. The van der Waals surface area contributed by atoms with Crippen molar-refractivity contribution in [2.75, 3.05) is 0 Å². The fourth-order valence-corrected chi connectivity index (χ4v) is 3.06. The molecule has 0 spiro atoms. The summed E-state index contributed by atoms with van der Waals surface area (Å²) in [5, 5.41) is 3.48. The normalized spacial score (nSPS) is 26.1. The number of hydrogen-bond acceptors (Lipinski definition) is 3. The minimum atomic E-state index is -0.471. The summed E-state index contributed by atoms with van der Waals surface area (Å²) in [4.78, 5) is 16.6. The van der Waals surface area contributed by atoms with Crippen LogP contribution >= 0.6 is 11.8 Å². The molecule has 20 heavy (non-hydrogen) atoms. The van der Waals surface area contributed by atoms with E-state index in [-0.39, 0.29) is 23.7 Å². The number of nitrogens with one attached hydrogen (secondary N) is 1. The maximum Gasteiger partial charge on any atom is 0.242 e. The topological polar surface area (TPSA) is 41.5 Å². The average molecular weight is 294 g/mol. The van der Waals surface area contributed by atoms with Crippen molar-refractivity contribution in [3.05, 3.63) is 35.6 Å². The summed E-state index contributed by atoms with van der Waals surface area (Å²) in [7, 11) is 0. The molecule has 1 fully saturated rings. The number of carbonyl (C=O) groups excluding carboxylic acids is 1. The van der Waals surface area contributed by atoms with Crippen LogP contribution in [0.4, 0.5) is 4.39 Å². The maximum absolute atomic E-state index is 12.9. The second-order valence-electron chi connectivity index (χ2n) is 5.48. The molecule has 1 aromatic carbocycles. The highest BCUT2D eigenvalue weighted by atomic mass is 32.2. The van der Waals surface area contributed by atoms with Gasteiger partial charge in [0, 0.05) is 0 Å². The number of hydrogen-bond donors (Lipinski definition) is 1. The van der Waals surface area contributed by atoms with Crippen LogP contribution in [-0.4, -0.2) is 15.8 Å². The van der Waals surface area contributed by atoms with Crippen LogP contribution in [0.15, 0.2) is 29.3 Å². The Bertz CT molecular complexity index is 541. The molecule has 0 bridgehead atoms. The van der Waals surface area contributed by atoms with E-state index in [1.54, 1.807) is 12.1 Å². The molecule has 2 unspecified atom stereocenters. The van der Waals surface area contributed by atoms with Gasteiger partial charge < -0.3 is 5.32 Å². The van der Waals surface area contributed by atoms with Crippen molar-refractivity contribution in [1.29, 1.82) is 0 Å². The molecule has 2 atom stereocenters. The van der Waals surface area contributed by atoms with Crippen molar-refractivity contribution < 1.29 is 9.18 Å². The molecule has 0 aliphatic carbocycles. The zero-order valence-corrected chi connectivity index (χ0v) is 12.9. The third-order valence-corrected chi connectivity index (χ3v) is 5.23. The Balaban J connectivity index is 2.16. The van der Waals surface area contributed by atoms with Crippen molar-refractivity contribution >= 4 is 22.8 Å². The van der Waals surface area contributed by atoms with E-state index >= 15 is 0 Å². The molecular weight excluding hydrogens is 275 g/mol. The van der Waals surface area contributed by atoms with Crippen LogP contribution in [0.25, 0.3) is 0 Å². The lowest BCUT2D eigenvalue weighted by Gasteiger charge is -2.22.